The molecule has 26 heavy (non-hydrogen) atoms. The van der Waals surface area contributed by atoms with Crippen molar-refractivity contribution in [3.8, 4) is 0 Å². The minimum atomic E-state index is -0.499. The maximum absolute atomic E-state index is 13.0. The molecule has 1 aliphatic rings. The van der Waals surface area contributed by atoms with Crippen molar-refractivity contribution in [2.75, 3.05) is 24.5 Å². The molecule has 0 unspecified atom stereocenters. The summed E-state index contributed by atoms with van der Waals surface area (Å²) >= 11 is 0. The SMILES string of the molecule is CCN(CCn1cccn1)C(=O)c1ccccc1N1CCC(=O)NC1=O. The molecule has 1 N–H and O–H groups in total. The van der Waals surface area contributed by atoms with Crippen LogP contribution in [-0.4, -0.2) is 52.2 Å². The van der Waals surface area contributed by atoms with Gasteiger partial charge in [0.05, 0.1) is 17.8 Å². The molecule has 0 atom stereocenters. The molecule has 136 valence electrons. The van der Waals surface area contributed by atoms with E-state index in [9.17, 15) is 14.4 Å². The van der Waals surface area contributed by atoms with Gasteiger partial charge in [0.1, 0.15) is 0 Å². The van der Waals surface area contributed by atoms with E-state index in [1.165, 1.54) is 4.90 Å². The Labute approximate surface area is 151 Å². The van der Waals surface area contributed by atoms with Gasteiger partial charge < -0.3 is 4.90 Å². The topological polar surface area (TPSA) is 87.5 Å². The monoisotopic (exact) mass is 355 g/mol. The van der Waals surface area contributed by atoms with Gasteiger partial charge in [-0.15, -0.1) is 0 Å². The number of hydrogen-bond donors (Lipinski definition) is 1. The zero-order chi connectivity index (χ0) is 18.5. The van der Waals surface area contributed by atoms with Gasteiger partial charge in [0.2, 0.25) is 5.91 Å². The molecule has 0 saturated carbocycles. The first-order valence-electron chi connectivity index (χ1n) is 8.57. The van der Waals surface area contributed by atoms with Crippen LogP contribution in [-0.2, 0) is 11.3 Å². The zero-order valence-corrected chi connectivity index (χ0v) is 14.6. The second kappa shape index (κ2) is 7.81. The lowest BCUT2D eigenvalue weighted by atomic mass is 10.1. The molecule has 1 aromatic carbocycles. The Morgan fingerprint density at radius 1 is 1.27 bits per heavy atom. The van der Waals surface area contributed by atoms with Gasteiger partial charge in [-0.2, -0.15) is 5.10 Å². The number of carbonyl (C=O) groups is 3. The quantitative estimate of drug-likeness (QED) is 0.850. The first kappa shape index (κ1) is 17.7. The lowest BCUT2D eigenvalue weighted by Crippen LogP contribution is -2.50. The molecular formula is C18H21N5O3. The molecule has 1 aliphatic heterocycles. The Hall–Kier alpha value is -3.16. The smallest absolute Gasteiger partial charge is 0.328 e. The molecule has 2 heterocycles. The number of aromatic nitrogens is 2. The van der Waals surface area contributed by atoms with Crippen LogP contribution in [0.1, 0.15) is 23.7 Å². The molecule has 1 aromatic heterocycles. The van der Waals surface area contributed by atoms with E-state index in [1.807, 2.05) is 19.2 Å². The van der Waals surface area contributed by atoms with Crippen LogP contribution in [0, 0.1) is 0 Å². The molecule has 0 spiro atoms. The second-order valence-corrected chi connectivity index (χ2v) is 5.93. The Morgan fingerprint density at radius 2 is 2.08 bits per heavy atom. The standard InChI is InChI=1S/C18H21N5O3/c1-2-21(12-13-22-10-5-9-19-22)17(25)14-6-3-4-7-15(14)23-11-8-16(24)20-18(23)26/h3-7,9-10H,2,8,11-13H2,1H3,(H,20,24,26). The van der Waals surface area contributed by atoms with E-state index in [0.29, 0.717) is 30.9 Å². The number of benzene rings is 1. The van der Waals surface area contributed by atoms with Gasteiger partial charge in [-0.3, -0.25) is 24.5 Å². The average molecular weight is 355 g/mol. The number of anilines is 1. The third kappa shape index (κ3) is 3.74. The van der Waals surface area contributed by atoms with Gasteiger partial charge in [-0.1, -0.05) is 12.1 Å². The van der Waals surface area contributed by atoms with Crippen molar-refractivity contribution < 1.29 is 14.4 Å². The maximum atomic E-state index is 13.0. The Kier molecular flexibility index (Phi) is 5.31. The number of imide groups is 1. The number of carbonyl (C=O) groups excluding carboxylic acids is 3. The van der Waals surface area contributed by atoms with Gasteiger partial charge in [0.15, 0.2) is 0 Å². The van der Waals surface area contributed by atoms with E-state index >= 15 is 0 Å². The lowest BCUT2D eigenvalue weighted by molar-refractivity contribution is -0.120. The largest absolute Gasteiger partial charge is 0.337 e. The third-order valence-electron chi connectivity index (χ3n) is 4.31. The van der Waals surface area contributed by atoms with Crippen molar-refractivity contribution >= 4 is 23.5 Å². The Morgan fingerprint density at radius 3 is 2.77 bits per heavy atom. The highest BCUT2D eigenvalue weighted by atomic mass is 16.2. The molecule has 0 radical (unpaired) electrons. The first-order valence-corrected chi connectivity index (χ1v) is 8.57. The van der Waals surface area contributed by atoms with Crippen molar-refractivity contribution in [2.24, 2.45) is 0 Å². The van der Waals surface area contributed by atoms with Crippen molar-refractivity contribution in [3.63, 3.8) is 0 Å². The number of likely N-dealkylation sites (N-methyl/N-ethyl adjacent to an activating group) is 1. The van der Waals surface area contributed by atoms with Gasteiger partial charge in [0, 0.05) is 38.4 Å². The third-order valence-corrected chi connectivity index (χ3v) is 4.31. The minimum absolute atomic E-state index is 0.153. The maximum Gasteiger partial charge on any atom is 0.328 e. The summed E-state index contributed by atoms with van der Waals surface area (Å²) in [4.78, 5) is 39.7. The summed E-state index contributed by atoms with van der Waals surface area (Å²) in [5.74, 6) is -0.454. The normalized spacial score (nSPS) is 14.3. The fourth-order valence-corrected chi connectivity index (χ4v) is 2.91. The fraction of sp³-hybridized carbons (Fsp3) is 0.333. The highest BCUT2D eigenvalue weighted by molar-refractivity contribution is 6.09. The Balaban J connectivity index is 1.80. The van der Waals surface area contributed by atoms with Gasteiger partial charge in [-0.05, 0) is 25.1 Å². The number of rotatable bonds is 6. The molecule has 3 rings (SSSR count). The molecule has 1 fully saturated rings. The van der Waals surface area contributed by atoms with Crippen LogP contribution < -0.4 is 10.2 Å². The summed E-state index contributed by atoms with van der Waals surface area (Å²) in [6.07, 6.45) is 3.76. The van der Waals surface area contributed by atoms with Crippen molar-refractivity contribution in [3.05, 3.63) is 48.3 Å². The molecule has 2 aromatic rings. The zero-order valence-electron chi connectivity index (χ0n) is 14.6. The van der Waals surface area contributed by atoms with Crippen molar-refractivity contribution in [2.45, 2.75) is 19.9 Å². The number of nitrogens with one attached hydrogen (secondary N) is 1. The minimum Gasteiger partial charge on any atom is -0.337 e. The second-order valence-electron chi connectivity index (χ2n) is 5.93. The fourth-order valence-electron chi connectivity index (χ4n) is 2.91. The highest BCUT2D eigenvalue weighted by Gasteiger charge is 2.28. The van der Waals surface area contributed by atoms with Crippen molar-refractivity contribution in [1.29, 1.82) is 0 Å². The number of nitrogens with zero attached hydrogens (tertiary/aromatic N) is 4. The van der Waals surface area contributed by atoms with Crippen LogP contribution in [0.5, 0.6) is 0 Å². The number of urea groups is 1. The van der Waals surface area contributed by atoms with E-state index < -0.39 is 6.03 Å². The summed E-state index contributed by atoms with van der Waals surface area (Å²) in [7, 11) is 0. The van der Waals surface area contributed by atoms with Crippen LogP contribution >= 0.6 is 0 Å². The van der Waals surface area contributed by atoms with E-state index in [2.05, 4.69) is 10.4 Å². The molecule has 8 nitrogen and oxygen atoms in total. The first-order chi connectivity index (χ1) is 12.6. The van der Waals surface area contributed by atoms with E-state index in [4.69, 9.17) is 0 Å². The van der Waals surface area contributed by atoms with Crippen LogP contribution in [0.4, 0.5) is 10.5 Å². The predicted octanol–water partition coefficient (Wildman–Crippen LogP) is 1.49. The number of hydrogen-bond acceptors (Lipinski definition) is 4. The van der Waals surface area contributed by atoms with Crippen LogP contribution in [0.25, 0.3) is 0 Å². The average Bonchev–Trinajstić information content (AvgIpc) is 3.16. The lowest BCUT2D eigenvalue weighted by Gasteiger charge is -2.29. The summed E-state index contributed by atoms with van der Waals surface area (Å²) < 4.78 is 1.77. The van der Waals surface area contributed by atoms with Gasteiger partial charge in [-0.25, -0.2) is 4.79 Å². The number of amides is 4. The summed E-state index contributed by atoms with van der Waals surface area (Å²) in [6.45, 7) is 3.81. The van der Waals surface area contributed by atoms with Crippen LogP contribution in [0.3, 0.4) is 0 Å². The molecule has 0 bridgehead atoms. The van der Waals surface area contributed by atoms with Crippen molar-refractivity contribution in [1.82, 2.24) is 20.0 Å². The molecule has 4 amide bonds. The predicted molar refractivity (Wildman–Crippen MR) is 95.7 cm³/mol. The summed E-state index contributed by atoms with van der Waals surface area (Å²) in [6, 6.07) is 8.31. The van der Waals surface area contributed by atoms with E-state index in [0.717, 1.165) is 0 Å². The molecular weight excluding hydrogens is 334 g/mol. The van der Waals surface area contributed by atoms with Gasteiger partial charge in [0.25, 0.3) is 5.91 Å². The number of para-hydroxylation sites is 1. The molecule has 0 aliphatic carbocycles. The van der Waals surface area contributed by atoms with Gasteiger partial charge >= 0.3 is 6.03 Å². The van der Waals surface area contributed by atoms with E-state index in [-0.39, 0.29) is 24.8 Å². The summed E-state index contributed by atoms with van der Waals surface area (Å²) in [5, 5.41) is 6.44. The summed E-state index contributed by atoms with van der Waals surface area (Å²) in [5.41, 5.74) is 0.958. The van der Waals surface area contributed by atoms with Crippen LogP contribution in [0.15, 0.2) is 42.7 Å². The highest BCUT2D eigenvalue weighted by Crippen LogP contribution is 2.24. The van der Waals surface area contributed by atoms with Crippen LogP contribution in [0.2, 0.25) is 0 Å². The Bertz CT molecular complexity index is 803. The molecule has 8 heteroatoms. The molecule has 1 saturated heterocycles. The van der Waals surface area contributed by atoms with E-state index in [1.54, 1.807) is 40.0 Å².